The van der Waals surface area contributed by atoms with E-state index in [1.807, 2.05) is 18.2 Å². The van der Waals surface area contributed by atoms with Gasteiger partial charge in [-0.05, 0) is 0 Å². The number of nitrogens with zero attached hydrogens (tertiary/aromatic N) is 1. The number of hydrogen-bond donors (Lipinski definition) is 0. The fraction of sp³-hybridized carbons (Fsp3) is 0.500. The Hall–Kier alpha value is -0.141. The van der Waals surface area contributed by atoms with Gasteiger partial charge < -0.3 is 0 Å². The van der Waals surface area contributed by atoms with Crippen molar-refractivity contribution in [3.63, 3.8) is 0 Å². The molecule has 0 amide bonds. The van der Waals surface area contributed by atoms with Crippen LogP contribution in [0.2, 0.25) is 0 Å². The van der Waals surface area contributed by atoms with Crippen LogP contribution in [0.5, 0.6) is 0 Å². The molecular formula is C12H17NO3Sn. The van der Waals surface area contributed by atoms with E-state index in [0.717, 1.165) is 43.0 Å². The molecule has 2 bridgehead atoms. The number of hydrogen-bond acceptors (Lipinski definition) is 4. The van der Waals surface area contributed by atoms with Crippen molar-refractivity contribution >= 4 is 23.2 Å². The molecule has 3 fully saturated rings. The summed E-state index contributed by atoms with van der Waals surface area (Å²) in [6.45, 7) is 5.18. The van der Waals surface area contributed by atoms with E-state index in [-0.39, 0.29) is 0 Å². The molecule has 0 saturated carbocycles. The average molecular weight is 342 g/mol. The normalized spacial score (nSPS) is 33.8. The van der Waals surface area contributed by atoms with Crippen molar-refractivity contribution in [2.45, 2.75) is 0 Å². The fourth-order valence-corrected chi connectivity index (χ4v) is 9.22. The van der Waals surface area contributed by atoms with E-state index < -0.39 is 19.6 Å². The van der Waals surface area contributed by atoms with Gasteiger partial charge in [-0.15, -0.1) is 0 Å². The predicted molar refractivity (Wildman–Crippen MR) is 66.1 cm³/mol. The van der Waals surface area contributed by atoms with Crippen molar-refractivity contribution < 1.29 is 9.22 Å². The molecule has 0 atom stereocenters. The molecule has 1 aromatic rings. The molecule has 17 heavy (non-hydrogen) atoms. The third-order valence-electron chi connectivity index (χ3n) is 3.23. The zero-order valence-electron chi connectivity index (χ0n) is 9.80. The molecule has 4 rings (SSSR count). The quantitative estimate of drug-likeness (QED) is 0.683. The van der Waals surface area contributed by atoms with Crippen LogP contribution in [0.25, 0.3) is 0 Å². The Morgan fingerprint density at radius 3 is 1.88 bits per heavy atom. The summed E-state index contributed by atoms with van der Waals surface area (Å²) in [5.41, 5.74) is 0. The molecule has 0 radical (unpaired) electrons. The molecule has 0 spiro atoms. The molecule has 3 saturated heterocycles. The zero-order chi connectivity index (χ0) is 11.6. The average Bonchev–Trinajstić information content (AvgIpc) is 2.28. The summed E-state index contributed by atoms with van der Waals surface area (Å²) < 4.78 is 19.3. The molecule has 0 unspecified atom stereocenters. The first kappa shape index (κ1) is 11.9. The molecule has 0 aliphatic carbocycles. The molecule has 3 aliphatic rings. The molecule has 0 aromatic heterocycles. The van der Waals surface area contributed by atoms with Gasteiger partial charge in [-0.3, -0.25) is 0 Å². The Kier molecular flexibility index (Phi) is 3.67. The van der Waals surface area contributed by atoms with Crippen LogP contribution in [0.3, 0.4) is 0 Å². The molecule has 5 heteroatoms. The van der Waals surface area contributed by atoms with Gasteiger partial charge in [-0.2, -0.15) is 0 Å². The number of rotatable bonds is 1. The molecule has 1 aromatic carbocycles. The van der Waals surface area contributed by atoms with Crippen LogP contribution in [0.1, 0.15) is 0 Å². The van der Waals surface area contributed by atoms with Gasteiger partial charge in [0.15, 0.2) is 0 Å². The van der Waals surface area contributed by atoms with E-state index in [9.17, 15) is 0 Å². The van der Waals surface area contributed by atoms with Gasteiger partial charge in [0, 0.05) is 0 Å². The Morgan fingerprint density at radius 1 is 0.824 bits per heavy atom. The predicted octanol–water partition coefficient (Wildman–Crippen LogP) is 0.212. The van der Waals surface area contributed by atoms with Crippen LogP contribution in [0, 0.1) is 0 Å². The van der Waals surface area contributed by atoms with Gasteiger partial charge in [0.2, 0.25) is 0 Å². The first-order valence-electron chi connectivity index (χ1n) is 6.09. The van der Waals surface area contributed by atoms with Crippen LogP contribution < -0.4 is 3.58 Å². The SMILES string of the molecule is c1cc[c]([Sn]23[O]CCN(CC[O]2)CC[O]3)cc1. The van der Waals surface area contributed by atoms with Crippen molar-refractivity contribution in [2.24, 2.45) is 0 Å². The first-order chi connectivity index (χ1) is 8.39. The van der Waals surface area contributed by atoms with E-state index in [1.165, 1.54) is 0 Å². The third kappa shape index (κ3) is 2.51. The van der Waals surface area contributed by atoms with Crippen LogP contribution in [-0.2, 0) is 9.22 Å². The van der Waals surface area contributed by atoms with Crippen LogP contribution in [0.15, 0.2) is 30.3 Å². The van der Waals surface area contributed by atoms with E-state index in [1.54, 1.807) is 0 Å². The van der Waals surface area contributed by atoms with Gasteiger partial charge in [-0.25, -0.2) is 0 Å². The van der Waals surface area contributed by atoms with Crippen molar-refractivity contribution in [2.75, 3.05) is 39.5 Å². The Bertz CT molecular complexity index is 347. The summed E-state index contributed by atoms with van der Waals surface area (Å²) in [6, 6.07) is 10.2. The van der Waals surface area contributed by atoms with Crippen molar-refractivity contribution in [3.8, 4) is 0 Å². The minimum atomic E-state index is -3.47. The van der Waals surface area contributed by atoms with Gasteiger partial charge in [0.1, 0.15) is 0 Å². The van der Waals surface area contributed by atoms with Gasteiger partial charge in [-0.1, -0.05) is 0 Å². The van der Waals surface area contributed by atoms with Crippen molar-refractivity contribution in [1.82, 2.24) is 4.90 Å². The molecule has 3 aliphatic heterocycles. The molecule has 4 nitrogen and oxygen atoms in total. The Balaban J connectivity index is 1.91. The van der Waals surface area contributed by atoms with E-state index in [0.29, 0.717) is 0 Å². The maximum atomic E-state index is 6.05. The second kappa shape index (κ2) is 5.24. The van der Waals surface area contributed by atoms with Crippen LogP contribution >= 0.6 is 0 Å². The summed E-state index contributed by atoms with van der Waals surface area (Å²) >= 11 is -3.47. The summed E-state index contributed by atoms with van der Waals surface area (Å²) in [7, 11) is 0. The first-order valence-corrected chi connectivity index (χ1v) is 11.0. The zero-order valence-corrected chi connectivity index (χ0v) is 12.7. The van der Waals surface area contributed by atoms with E-state index in [2.05, 4.69) is 17.0 Å². The Labute approximate surface area is 107 Å². The van der Waals surface area contributed by atoms with Crippen LogP contribution in [0.4, 0.5) is 0 Å². The summed E-state index contributed by atoms with van der Waals surface area (Å²) in [4.78, 5) is 2.33. The monoisotopic (exact) mass is 343 g/mol. The second-order valence-corrected chi connectivity index (χ2v) is 11.6. The summed E-state index contributed by atoms with van der Waals surface area (Å²) in [6.07, 6.45) is 0. The molecule has 0 N–H and O–H groups in total. The molecular weight excluding hydrogens is 325 g/mol. The van der Waals surface area contributed by atoms with Gasteiger partial charge in [0.05, 0.1) is 0 Å². The number of benzene rings is 1. The van der Waals surface area contributed by atoms with E-state index >= 15 is 0 Å². The van der Waals surface area contributed by atoms with E-state index in [4.69, 9.17) is 9.22 Å². The topological polar surface area (TPSA) is 30.9 Å². The maximum absolute atomic E-state index is 6.05. The number of fused-ring (bicyclic) bond motifs is 6. The third-order valence-corrected chi connectivity index (χ3v) is 11.2. The summed E-state index contributed by atoms with van der Waals surface area (Å²) in [5, 5.41) is 0. The molecule has 92 valence electrons. The second-order valence-electron chi connectivity index (χ2n) is 4.31. The fourth-order valence-electron chi connectivity index (χ4n) is 2.28. The van der Waals surface area contributed by atoms with Crippen molar-refractivity contribution in [3.05, 3.63) is 30.3 Å². The van der Waals surface area contributed by atoms with Gasteiger partial charge in [0.25, 0.3) is 0 Å². The van der Waals surface area contributed by atoms with Gasteiger partial charge >= 0.3 is 107 Å². The Morgan fingerprint density at radius 2 is 1.35 bits per heavy atom. The minimum absolute atomic E-state index is 0.727. The summed E-state index contributed by atoms with van der Waals surface area (Å²) in [5.74, 6) is 0. The standard InChI is InChI=1S/C6H12NO3.C6H5.Sn/c8-4-1-7(2-5-9)3-6-10;1-2-4-6-5-3-1;/h1-6H2;1-5H;/q-3;;+3. The van der Waals surface area contributed by atoms with Crippen molar-refractivity contribution in [1.29, 1.82) is 0 Å². The van der Waals surface area contributed by atoms with Crippen LogP contribution in [-0.4, -0.2) is 64.0 Å². The molecule has 3 heterocycles.